The summed E-state index contributed by atoms with van der Waals surface area (Å²) in [4.78, 5) is 33.9. The Morgan fingerprint density at radius 1 is 1.29 bits per heavy atom. The third-order valence-electron chi connectivity index (χ3n) is 3.12. The normalized spacial score (nSPS) is 15.7. The monoisotopic (exact) mass is 320 g/mol. The molecule has 21 heavy (non-hydrogen) atoms. The molecule has 0 aromatic rings. The quantitative estimate of drug-likeness (QED) is 0.583. The summed E-state index contributed by atoms with van der Waals surface area (Å²) >= 11 is 0. The first-order chi connectivity index (χ1) is 9.50. The standard InChI is InChI=1S/C13H24N2O5S/c1-6-13(4,5)15-11(17)8(2)21(20)7-10(12(18)19)14-9(3)16/h8,10H,6-7H2,1-5H3,(H,14,16)(H,15,17)(H,18,19)/t8?,10-,21?/m0/s1. The third kappa shape index (κ3) is 7.22. The molecule has 0 aliphatic heterocycles. The van der Waals surface area contributed by atoms with Crippen LogP contribution in [0.4, 0.5) is 0 Å². The van der Waals surface area contributed by atoms with Crippen molar-refractivity contribution in [3.63, 3.8) is 0 Å². The molecule has 0 fully saturated rings. The SMILES string of the molecule is CCC(C)(C)NC(=O)C(C)S(=O)C[C@H](NC(C)=O)C(=O)O. The average molecular weight is 320 g/mol. The Kier molecular flexibility index (Phi) is 7.56. The van der Waals surface area contributed by atoms with Gasteiger partial charge in [-0.25, -0.2) is 4.79 Å². The van der Waals surface area contributed by atoms with E-state index in [-0.39, 0.29) is 5.75 Å². The van der Waals surface area contributed by atoms with E-state index in [0.717, 1.165) is 0 Å². The second-order valence-electron chi connectivity index (χ2n) is 5.51. The highest BCUT2D eigenvalue weighted by atomic mass is 32.2. The highest BCUT2D eigenvalue weighted by Gasteiger charge is 2.29. The van der Waals surface area contributed by atoms with Crippen LogP contribution in [0, 0.1) is 0 Å². The Morgan fingerprint density at radius 3 is 2.19 bits per heavy atom. The number of nitrogens with one attached hydrogen (secondary N) is 2. The van der Waals surface area contributed by atoms with Crippen LogP contribution in [0.25, 0.3) is 0 Å². The molecule has 7 nitrogen and oxygen atoms in total. The van der Waals surface area contributed by atoms with E-state index in [2.05, 4.69) is 10.6 Å². The van der Waals surface area contributed by atoms with Crippen LogP contribution in [0.1, 0.15) is 41.0 Å². The minimum absolute atomic E-state index is 0.309. The smallest absolute Gasteiger partial charge is 0.327 e. The molecule has 0 saturated carbocycles. The van der Waals surface area contributed by atoms with Crippen molar-refractivity contribution in [2.75, 3.05) is 5.75 Å². The Hall–Kier alpha value is -1.44. The van der Waals surface area contributed by atoms with E-state index < -0.39 is 45.4 Å². The van der Waals surface area contributed by atoms with Gasteiger partial charge in [-0.15, -0.1) is 0 Å². The first-order valence-corrected chi connectivity index (χ1v) is 8.07. The predicted molar refractivity (Wildman–Crippen MR) is 80.2 cm³/mol. The van der Waals surface area contributed by atoms with Crippen molar-refractivity contribution in [3.8, 4) is 0 Å². The Morgan fingerprint density at radius 2 is 1.81 bits per heavy atom. The summed E-state index contributed by atoms with van der Waals surface area (Å²) < 4.78 is 12.1. The summed E-state index contributed by atoms with van der Waals surface area (Å²) in [5, 5.41) is 13.1. The Balaban J connectivity index is 4.72. The van der Waals surface area contributed by atoms with Gasteiger partial charge in [0.05, 0.1) is 5.75 Å². The summed E-state index contributed by atoms with van der Waals surface area (Å²) in [5.74, 6) is -2.51. The first kappa shape index (κ1) is 19.6. The van der Waals surface area contributed by atoms with Crippen LogP contribution in [0.2, 0.25) is 0 Å². The summed E-state index contributed by atoms with van der Waals surface area (Å²) in [6.45, 7) is 8.26. The predicted octanol–water partition coefficient (Wildman–Crippen LogP) is 0.0177. The summed E-state index contributed by atoms with van der Waals surface area (Å²) in [6.07, 6.45) is 0.710. The van der Waals surface area contributed by atoms with Gasteiger partial charge in [0, 0.05) is 23.3 Å². The summed E-state index contributed by atoms with van der Waals surface area (Å²) in [7, 11) is -1.71. The van der Waals surface area contributed by atoms with Crippen molar-refractivity contribution in [1.29, 1.82) is 0 Å². The molecular weight excluding hydrogens is 296 g/mol. The van der Waals surface area contributed by atoms with Crippen LogP contribution in [-0.4, -0.2) is 49.7 Å². The molecule has 3 N–H and O–H groups in total. The molecule has 0 aromatic carbocycles. The number of carboxylic acid groups (broad SMARTS) is 1. The molecule has 8 heteroatoms. The minimum atomic E-state index is -1.71. The van der Waals surface area contributed by atoms with Crippen molar-refractivity contribution in [2.45, 2.75) is 57.9 Å². The fourth-order valence-electron chi connectivity index (χ4n) is 1.37. The van der Waals surface area contributed by atoms with Crippen LogP contribution < -0.4 is 10.6 Å². The number of hydrogen-bond donors (Lipinski definition) is 3. The zero-order valence-electron chi connectivity index (χ0n) is 13.1. The van der Waals surface area contributed by atoms with Crippen LogP contribution in [0.5, 0.6) is 0 Å². The van der Waals surface area contributed by atoms with Crippen molar-refractivity contribution in [1.82, 2.24) is 10.6 Å². The largest absolute Gasteiger partial charge is 0.480 e. The van der Waals surface area contributed by atoms with Crippen molar-refractivity contribution >= 4 is 28.6 Å². The van der Waals surface area contributed by atoms with E-state index in [1.54, 1.807) is 0 Å². The molecule has 122 valence electrons. The molecule has 0 spiro atoms. The van der Waals surface area contributed by atoms with Crippen molar-refractivity contribution < 1.29 is 23.7 Å². The molecule has 3 atom stereocenters. The first-order valence-electron chi connectivity index (χ1n) is 6.69. The number of amides is 2. The number of carboxylic acids is 1. The maximum Gasteiger partial charge on any atom is 0.327 e. The van der Waals surface area contributed by atoms with Gasteiger partial charge < -0.3 is 15.7 Å². The van der Waals surface area contributed by atoms with Gasteiger partial charge in [-0.1, -0.05) is 6.92 Å². The van der Waals surface area contributed by atoms with Gasteiger partial charge in [-0.05, 0) is 27.2 Å². The molecule has 0 saturated heterocycles. The van der Waals surface area contributed by atoms with E-state index in [0.29, 0.717) is 6.42 Å². The zero-order chi connectivity index (χ0) is 16.8. The lowest BCUT2D eigenvalue weighted by molar-refractivity contribution is -0.140. The molecule has 2 amide bonds. The number of rotatable bonds is 8. The molecule has 0 heterocycles. The number of carbonyl (C=O) groups is 3. The van der Waals surface area contributed by atoms with E-state index in [1.165, 1.54) is 13.8 Å². The van der Waals surface area contributed by atoms with E-state index >= 15 is 0 Å². The van der Waals surface area contributed by atoms with Crippen molar-refractivity contribution in [3.05, 3.63) is 0 Å². The van der Waals surface area contributed by atoms with Gasteiger partial charge in [-0.2, -0.15) is 0 Å². The topological polar surface area (TPSA) is 113 Å². The second-order valence-corrected chi connectivity index (χ2v) is 7.31. The Bertz CT molecular complexity index is 436. The number of aliphatic carboxylic acids is 1. The highest BCUT2D eigenvalue weighted by molar-refractivity contribution is 7.86. The van der Waals surface area contributed by atoms with Crippen LogP contribution in [0.3, 0.4) is 0 Å². The number of carbonyl (C=O) groups excluding carboxylic acids is 2. The molecule has 2 unspecified atom stereocenters. The molecule has 0 bridgehead atoms. The summed E-state index contributed by atoms with van der Waals surface area (Å²) in [5.41, 5.74) is -0.417. The van der Waals surface area contributed by atoms with Gasteiger partial charge in [0.15, 0.2) is 0 Å². The van der Waals surface area contributed by atoms with Crippen LogP contribution in [0.15, 0.2) is 0 Å². The zero-order valence-corrected chi connectivity index (χ0v) is 13.9. The molecule has 0 aromatic heterocycles. The van der Waals surface area contributed by atoms with E-state index in [4.69, 9.17) is 5.11 Å². The highest BCUT2D eigenvalue weighted by Crippen LogP contribution is 2.09. The molecule has 0 radical (unpaired) electrons. The molecule has 0 aliphatic rings. The lowest BCUT2D eigenvalue weighted by Crippen LogP contribution is -2.50. The Labute approximate surface area is 127 Å². The fourth-order valence-corrected chi connectivity index (χ4v) is 2.51. The lowest BCUT2D eigenvalue weighted by atomic mass is 10.0. The van der Waals surface area contributed by atoms with Crippen LogP contribution in [-0.2, 0) is 25.2 Å². The second kappa shape index (κ2) is 8.11. The number of hydrogen-bond acceptors (Lipinski definition) is 4. The third-order valence-corrected chi connectivity index (χ3v) is 4.78. The van der Waals surface area contributed by atoms with E-state index in [9.17, 15) is 18.6 Å². The van der Waals surface area contributed by atoms with Gasteiger partial charge in [0.25, 0.3) is 0 Å². The van der Waals surface area contributed by atoms with Gasteiger partial charge in [0.2, 0.25) is 11.8 Å². The minimum Gasteiger partial charge on any atom is -0.480 e. The van der Waals surface area contributed by atoms with Crippen molar-refractivity contribution in [2.24, 2.45) is 0 Å². The van der Waals surface area contributed by atoms with E-state index in [1.807, 2.05) is 20.8 Å². The molecular formula is C13H24N2O5S. The van der Waals surface area contributed by atoms with Crippen LogP contribution >= 0.6 is 0 Å². The maximum atomic E-state index is 12.1. The maximum absolute atomic E-state index is 12.1. The lowest BCUT2D eigenvalue weighted by Gasteiger charge is -2.26. The summed E-state index contributed by atoms with van der Waals surface area (Å²) in [6, 6.07) is -1.27. The fraction of sp³-hybridized carbons (Fsp3) is 0.769. The van der Waals surface area contributed by atoms with Gasteiger partial charge >= 0.3 is 5.97 Å². The van der Waals surface area contributed by atoms with Gasteiger partial charge in [-0.3, -0.25) is 13.8 Å². The molecule has 0 rings (SSSR count). The van der Waals surface area contributed by atoms with Gasteiger partial charge in [0.1, 0.15) is 11.3 Å². The average Bonchev–Trinajstić information content (AvgIpc) is 2.35. The molecule has 0 aliphatic carbocycles.